The van der Waals surface area contributed by atoms with Gasteiger partial charge in [0.1, 0.15) is 11.9 Å². The van der Waals surface area contributed by atoms with Crippen molar-refractivity contribution in [1.82, 2.24) is 0 Å². The Morgan fingerprint density at radius 3 is 2.00 bits per heavy atom. The lowest BCUT2D eigenvalue weighted by atomic mass is 10.0. The van der Waals surface area contributed by atoms with E-state index in [1.165, 1.54) is 5.56 Å². The number of carbonyl (C=O) groups excluding carboxylic acids is 1. The average Bonchev–Trinajstić information content (AvgIpc) is 2.80. The summed E-state index contributed by atoms with van der Waals surface area (Å²) in [4.78, 5) is 11.8. The molecule has 152 valence electrons. The van der Waals surface area contributed by atoms with Crippen molar-refractivity contribution in [1.29, 1.82) is 0 Å². The quantitative estimate of drug-likeness (QED) is 0.404. The molecule has 0 aliphatic carbocycles. The Kier molecular flexibility index (Phi) is 9.50. The lowest BCUT2D eigenvalue weighted by Gasteiger charge is -2.20. The molecular weight excluding hydrogens is 360 g/mol. The Morgan fingerprint density at radius 2 is 1.41 bits per heavy atom. The second-order valence-electron chi connectivity index (χ2n) is 6.29. The molecule has 0 amide bonds. The van der Waals surface area contributed by atoms with E-state index >= 15 is 0 Å². The number of rotatable bonds is 8. The Morgan fingerprint density at radius 1 is 0.828 bits per heavy atom. The van der Waals surface area contributed by atoms with Gasteiger partial charge in [0.05, 0.1) is 12.2 Å². The fraction of sp³-hybridized carbons (Fsp3) is 0.269. The summed E-state index contributed by atoms with van der Waals surface area (Å²) < 4.78 is 11.3. The summed E-state index contributed by atoms with van der Waals surface area (Å²) in [5.41, 5.74) is 2.97. The van der Waals surface area contributed by atoms with E-state index in [0.29, 0.717) is 12.2 Å². The predicted octanol–water partition coefficient (Wildman–Crippen LogP) is 6.64. The zero-order valence-corrected chi connectivity index (χ0v) is 17.5. The Labute approximate surface area is 174 Å². The van der Waals surface area contributed by atoms with Gasteiger partial charge in [0, 0.05) is 0 Å². The summed E-state index contributed by atoms with van der Waals surface area (Å²) in [6, 6.07) is 27.8. The van der Waals surface area contributed by atoms with Crippen LogP contribution in [0, 0.1) is 0 Å². The van der Waals surface area contributed by atoms with Crippen molar-refractivity contribution >= 4 is 5.97 Å². The maximum Gasteiger partial charge on any atom is 0.338 e. The fourth-order valence-corrected chi connectivity index (χ4v) is 2.95. The number of aryl methyl sites for hydroxylation is 1. The highest BCUT2D eigenvalue weighted by atomic mass is 16.5. The van der Waals surface area contributed by atoms with Crippen LogP contribution in [-0.4, -0.2) is 12.6 Å². The van der Waals surface area contributed by atoms with Crippen LogP contribution in [0.25, 0.3) is 0 Å². The molecule has 3 nitrogen and oxygen atoms in total. The Hall–Kier alpha value is -3.07. The molecule has 0 aliphatic heterocycles. The largest absolute Gasteiger partial charge is 0.486 e. The highest BCUT2D eigenvalue weighted by molar-refractivity contribution is 5.89. The Bertz CT molecular complexity index is 827. The van der Waals surface area contributed by atoms with E-state index in [4.69, 9.17) is 9.47 Å². The molecule has 1 unspecified atom stereocenters. The highest BCUT2D eigenvalue weighted by Gasteiger charge is 2.14. The van der Waals surface area contributed by atoms with Gasteiger partial charge in [-0.2, -0.15) is 0 Å². The first kappa shape index (κ1) is 22.2. The SMILES string of the molecule is CC.CCOC(=O)c1ccc(OC(CCc2ccccc2)c2ccccc2)cc1. The standard InChI is InChI=1S/C24H24O3.C2H6/c1-2-26-24(25)21-14-16-22(17-15-21)27-23(20-11-7-4-8-12-20)18-13-19-9-5-3-6-10-19;1-2/h3-12,14-17,23H,2,13,18H2,1H3;1-2H3. The van der Waals surface area contributed by atoms with Gasteiger partial charge in [-0.1, -0.05) is 74.5 Å². The van der Waals surface area contributed by atoms with Gasteiger partial charge in [-0.15, -0.1) is 0 Å². The molecule has 29 heavy (non-hydrogen) atoms. The lowest BCUT2D eigenvalue weighted by Crippen LogP contribution is -2.09. The smallest absolute Gasteiger partial charge is 0.338 e. The minimum Gasteiger partial charge on any atom is -0.486 e. The van der Waals surface area contributed by atoms with Crippen LogP contribution in [0.5, 0.6) is 5.75 Å². The van der Waals surface area contributed by atoms with E-state index in [9.17, 15) is 4.79 Å². The van der Waals surface area contributed by atoms with Crippen LogP contribution in [0.3, 0.4) is 0 Å². The molecule has 0 fully saturated rings. The Balaban J connectivity index is 0.00000145. The third kappa shape index (κ3) is 7.11. The molecule has 3 aromatic rings. The molecule has 3 aromatic carbocycles. The number of esters is 1. The lowest BCUT2D eigenvalue weighted by molar-refractivity contribution is 0.0526. The molecular formula is C26H30O3. The summed E-state index contributed by atoms with van der Waals surface area (Å²) in [6.45, 7) is 6.17. The first-order valence-corrected chi connectivity index (χ1v) is 10.3. The molecule has 0 heterocycles. The molecule has 0 spiro atoms. The van der Waals surface area contributed by atoms with Gasteiger partial charge < -0.3 is 9.47 Å². The van der Waals surface area contributed by atoms with Gasteiger partial charge >= 0.3 is 5.97 Å². The second-order valence-corrected chi connectivity index (χ2v) is 6.29. The van der Waals surface area contributed by atoms with Crippen molar-refractivity contribution < 1.29 is 14.3 Å². The minimum atomic E-state index is -0.312. The summed E-state index contributed by atoms with van der Waals surface area (Å²) >= 11 is 0. The van der Waals surface area contributed by atoms with E-state index in [1.807, 2.05) is 50.2 Å². The van der Waals surface area contributed by atoms with E-state index in [1.54, 1.807) is 19.1 Å². The van der Waals surface area contributed by atoms with Crippen molar-refractivity contribution in [2.45, 2.75) is 39.7 Å². The monoisotopic (exact) mass is 390 g/mol. The molecule has 0 aromatic heterocycles. The van der Waals surface area contributed by atoms with Crippen molar-refractivity contribution in [3.63, 3.8) is 0 Å². The molecule has 0 bridgehead atoms. The number of hydrogen-bond donors (Lipinski definition) is 0. The molecule has 3 heteroatoms. The van der Waals surface area contributed by atoms with Gasteiger partial charge in [-0.3, -0.25) is 0 Å². The van der Waals surface area contributed by atoms with Crippen molar-refractivity contribution in [2.24, 2.45) is 0 Å². The average molecular weight is 391 g/mol. The highest BCUT2D eigenvalue weighted by Crippen LogP contribution is 2.26. The molecule has 0 saturated carbocycles. The van der Waals surface area contributed by atoms with Crippen LogP contribution in [0.1, 0.15) is 54.8 Å². The van der Waals surface area contributed by atoms with Crippen molar-refractivity contribution in [2.75, 3.05) is 6.61 Å². The van der Waals surface area contributed by atoms with Crippen molar-refractivity contribution in [3.8, 4) is 5.75 Å². The van der Waals surface area contributed by atoms with Gasteiger partial charge in [0.25, 0.3) is 0 Å². The summed E-state index contributed by atoms with van der Waals surface area (Å²) in [6.07, 6.45) is 1.74. The molecule has 1 atom stereocenters. The maximum atomic E-state index is 11.8. The first-order valence-electron chi connectivity index (χ1n) is 10.3. The zero-order valence-electron chi connectivity index (χ0n) is 17.5. The topological polar surface area (TPSA) is 35.5 Å². The maximum absolute atomic E-state index is 11.8. The first-order chi connectivity index (χ1) is 14.3. The normalized spacial score (nSPS) is 11.0. The van der Waals surface area contributed by atoms with Crippen LogP contribution < -0.4 is 4.74 Å². The van der Waals surface area contributed by atoms with Crippen LogP contribution in [0.15, 0.2) is 84.9 Å². The fourth-order valence-electron chi connectivity index (χ4n) is 2.95. The summed E-state index contributed by atoms with van der Waals surface area (Å²) in [5, 5.41) is 0. The van der Waals surface area contributed by atoms with Crippen LogP contribution in [0.2, 0.25) is 0 Å². The van der Waals surface area contributed by atoms with E-state index in [2.05, 4.69) is 36.4 Å². The summed E-state index contributed by atoms with van der Waals surface area (Å²) in [7, 11) is 0. The van der Waals surface area contributed by atoms with Crippen molar-refractivity contribution in [3.05, 3.63) is 102 Å². The number of benzene rings is 3. The van der Waals surface area contributed by atoms with Gasteiger partial charge in [0.2, 0.25) is 0 Å². The summed E-state index contributed by atoms with van der Waals surface area (Å²) in [5.74, 6) is 0.428. The number of hydrogen-bond acceptors (Lipinski definition) is 3. The third-order valence-electron chi connectivity index (χ3n) is 4.35. The molecule has 0 saturated heterocycles. The van der Waals surface area contributed by atoms with E-state index < -0.39 is 0 Å². The molecule has 0 N–H and O–H groups in total. The van der Waals surface area contributed by atoms with E-state index in [0.717, 1.165) is 24.2 Å². The molecule has 3 rings (SSSR count). The second kappa shape index (κ2) is 12.4. The van der Waals surface area contributed by atoms with Gasteiger partial charge in [-0.05, 0) is 55.2 Å². The number of ether oxygens (including phenoxy) is 2. The van der Waals surface area contributed by atoms with Gasteiger partial charge in [-0.25, -0.2) is 4.79 Å². The molecule has 0 aliphatic rings. The predicted molar refractivity (Wildman–Crippen MR) is 118 cm³/mol. The number of carbonyl (C=O) groups is 1. The zero-order chi connectivity index (χ0) is 20.9. The van der Waals surface area contributed by atoms with Gasteiger partial charge in [0.15, 0.2) is 0 Å². The third-order valence-corrected chi connectivity index (χ3v) is 4.35. The van der Waals surface area contributed by atoms with Crippen LogP contribution >= 0.6 is 0 Å². The van der Waals surface area contributed by atoms with Crippen LogP contribution in [0.4, 0.5) is 0 Å². The van der Waals surface area contributed by atoms with E-state index in [-0.39, 0.29) is 12.1 Å². The minimum absolute atomic E-state index is 0.0557. The molecule has 0 radical (unpaired) electrons. The van der Waals surface area contributed by atoms with Crippen LogP contribution in [-0.2, 0) is 11.2 Å².